The summed E-state index contributed by atoms with van der Waals surface area (Å²) in [6, 6.07) is 6.89. The summed E-state index contributed by atoms with van der Waals surface area (Å²) in [5, 5.41) is 20.5. The van der Waals surface area contributed by atoms with E-state index in [-0.39, 0.29) is 30.8 Å². The molecule has 1 saturated heterocycles. The first kappa shape index (κ1) is 37.2. The van der Waals surface area contributed by atoms with Gasteiger partial charge in [-0.05, 0) is 37.2 Å². The van der Waals surface area contributed by atoms with Gasteiger partial charge in [0.2, 0.25) is 11.8 Å². The van der Waals surface area contributed by atoms with Gasteiger partial charge in [-0.3, -0.25) is 14.6 Å². The van der Waals surface area contributed by atoms with Crippen LogP contribution in [0.15, 0.2) is 47.8 Å². The highest BCUT2D eigenvalue weighted by atomic mass is 32.2. The van der Waals surface area contributed by atoms with Crippen LogP contribution in [0.2, 0.25) is 0 Å². The number of piperidine rings is 1. The van der Waals surface area contributed by atoms with Crippen molar-refractivity contribution in [1.29, 1.82) is 0 Å². The van der Waals surface area contributed by atoms with Crippen molar-refractivity contribution in [2.75, 3.05) is 31.1 Å². The summed E-state index contributed by atoms with van der Waals surface area (Å²) in [7, 11) is 0. The molecule has 2 fully saturated rings. The van der Waals surface area contributed by atoms with Crippen LogP contribution in [0.5, 0.6) is 0 Å². The number of likely N-dealkylation sites (tertiary alicyclic amines) is 1. The second-order valence-corrected chi connectivity index (χ2v) is 15.8. The molecule has 2 aliphatic heterocycles. The van der Waals surface area contributed by atoms with Crippen molar-refractivity contribution >= 4 is 45.7 Å². The third kappa shape index (κ3) is 12.0. The number of rotatable bonds is 15. The highest BCUT2D eigenvalue weighted by Gasteiger charge is 2.33. The number of amides is 4. The van der Waals surface area contributed by atoms with Gasteiger partial charge < -0.3 is 36.7 Å². The number of carbonyl (C=O) groups excluding carboxylic acids is 3. The zero-order valence-electron chi connectivity index (χ0n) is 28.2. The van der Waals surface area contributed by atoms with E-state index < -0.39 is 30.1 Å². The lowest BCUT2D eigenvalue weighted by Gasteiger charge is -2.33. The van der Waals surface area contributed by atoms with Crippen LogP contribution in [0.3, 0.4) is 0 Å². The van der Waals surface area contributed by atoms with Gasteiger partial charge in [0.05, 0.1) is 30.7 Å². The maximum absolute atomic E-state index is 14.1. The van der Waals surface area contributed by atoms with Crippen molar-refractivity contribution in [3.05, 3.63) is 54.1 Å². The van der Waals surface area contributed by atoms with Gasteiger partial charge in [0.1, 0.15) is 16.5 Å². The minimum absolute atomic E-state index is 0.0636. The Morgan fingerprint density at radius 1 is 1.00 bits per heavy atom. The Morgan fingerprint density at radius 2 is 1.73 bits per heavy atom. The topological polar surface area (TPSA) is 178 Å². The molecule has 1 aliphatic carbocycles. The SMILES string of the molecule is NC1CCN(C(=O)N[C@@H](Cc2ccccc2)C(=O)N[C@@H](Cc2c[nH]cn2)C(=O)N[C@@H](CC2CCCCC2)[C@@H](O)CCSC2=NCCS2)CC1. The second-order valence-electron chi connectivity index (χ2n) is 13.4. The number of aliphatic hydroxyl groups is 1. The predicted molar refractivity (Wildman–Crippen MR) is 196 cm³/mol. The van der Waals surface area contributed by atoms with Crippen molar-refractivity contribution in [2.24, 2.45) is 16.6 Å². The molecule has 268 valence electrons. The number of nitrogens with zero attached hydrogens (tertiary/aromatic N) is 3. The average Bonchev–Trinajstić information content (AvgIpc) is 3.83. The highest BCUT2D eigenvalue weighted by molar-refractivity contribution is 8.39. The minimum Gasteiger partial charge on any atom is -0.391 e. The maximum atomic E-state index is 14.1. The smallest absolute Gasteiger partial charge is 0.318 e. The lowest BCUT2D eigenvalue weighted by atomic mass is 9.83. The molecule has 2 aromatic rings. The first-order chi connectivity index (χ1) is 23.8. The van der Waals surface area contributed by atoms with E-state index in [0.717, 1.165) is 47.9 Å². The number of H-pyrrole nitrogens is 1. The number of thioether (sulfide) groups is 2. The largest absolute Gasteiger partial charge is 0.391 e. The fraction of sp³-hybridized carbons (Fsp3) is 0.629. The number of benzene rings is 1. The van der Waals surface area contributed by atoms with Crippen molar-refractivity contribution in [3.63, 3.8) is 0 Å². The molecule has 1 aromatic carbocycles. The van der Waals surface area contributed by atoms with Crippen molar-refractivity contribution in [2.45, 2.75) is 101 Å². The van der Waals surface area contributed by atoms with Gasteiger partial charge in [-0.25, -0.2) is 9.78 Å². The molecule has 49 heavy (non-hydrogen) atoms. The van der Waals surface area contributed by atoms with E-state index in [9.17, 15) is 19.5 Å². The number of hydrogen-bond donors (Lipinski definition) is 6. The van der Waals surface area contributed by atoms with Crippen LogP contribution < -0.4 is 21.7 Å². The van der Waals surface area contributed by atoms with Gasteiger partial charge in [0.25, 0.3) is 0 Å². The first-order valence-electron chi connectivity index (χ1n) is 17.8. The molecule has 1 saturated carbocycles. The number of nitrogens with two attached hydrogens (primary N) is 1. The summed E-state index contributed by atoms with van der Waals surface area (Å²) in [6.07, 6.45) is 11.2. The van der Waals surface area contributed by atoms with Crippen LogP contribution in [-0.2, 0) is 22.4 Å². The maximum Gasteiger partial charge on any atom is 0.318 e. The van der Waals surface area contributed by atoms with Gasteiger partial charge in [-0.1, -0.05) is 86.0 Å². The van der Waals surface area contributed by atoms with E-state index in [1.165, 1.54) is 12.7 Å². The molecular formula is C35H52N8O4S2. The normalized spacial score (nSPS) is 19.8. The standard InChI is InChI=1S/C35H52N8O4S2/c36-26-11-15-43(16-12-26)34(47)42-29(20-25-9-5-2-6-10-25)32(45)41-30(21-27-22-37-23-39-27)33(46)40-28(19-24-7-3-1-4-8-24)31(44)13-17-48-35-38-14-18-49-35/h2,5-6,9-10,22-24,26,28-31,44H,1,3-4,7-8,11-21,36H2,(H,37,39)(H,40,46)(H,41,45)(H,42,47)/t28-,29-,30-,31-/m0/s1. The van der Waals surface area contributed by atoms with Crippen molar-refractivity contribution < 1.29 is 19.5 Å². The summed E-state index contributed by atoms with van der Waals surface area (Å²) in [5.41, 5.74) is 7.55. The predicted octanol–water partition coefficient (Wildman–Crippen LogP) is 3.22. The third-order valence-electron chi connectivity index (χ3n) is 9.63. The van der Waals surface area contributed by atoms with Crippen molar-refractivity contribution in [3.8, 4) is 0 Å². The van der Waals surface area contributed by atoms with Crippen LogP contribution in [0.25, 0.3) is 0 Å². The van der Waals surface area contributed by atoms with Gasteiger partial charge in [0, 0.05) is 49.7 Å². The molecule has 0 bridgehead atoms. The van der Waals surface area contributed by atoms with E-state index in [2.05, 4.69) is 30.9 Å². The Bertz CT molecular complexity index is 1350. The van der Waals surface area contributed by atoms with E-state index in [0.29, 0.717) is 56.1 Å². The van der Waals surface area contributed by atoms with Gasteiger partial charge in [-0.15, -0.1) is 0 Å². The summed E-state index contributed by atoms with van der Waals surface area (Å²) in [6.45, 7) is 1.88. The molecule has 7 N–H and O–H groups in total. The number of carbonyl (C=O) groups is 3. The highest BCUT2D eigenvalue weighted by Crippen LogP contribution is 2.29. The van der Waals surface area contributed by atoms with E-state index >= 15 is 0 Å². The van der Waals surface area contributed by atoms with E-state index in [1.807, 2.05) is 30.3 Å². The van der Waals surface area contributed by atoms with Crippen LogP contribution in [0.1, 0.15) is 69.0 Å². The van der Waals surface area contributed by atoms with Crippen molar-refractivity contribution in [1.82, 2.24) is 30.8 Å². The lowest BCUT2D eigenvalue weighted by molar-refractivity contribution is -0.130. The first-order valence-corrected chi connectivity index (χ1v) is 19.7. The Balaban J connectivity index is 1.29. The van der Waals surface area contributed by atoms with Gasteiger partial charge in [-0.2, -0.15) is 0 Å². The average molecular weight is 713 g/mol. The molecule has 0 spiro atoms. The molecule has 4 atom stereocenters. The molecular weight excluding hydrogens is 661 g/mol. The number of aliphatic imine (C=N–C) groups is 1. The molecule has 14 heteroatoms. The van der Waals surface area contributed by atoms with Gasteiger partial charge >= 0.3 is 6.03 Å². The number of nitrogens with one attached hydrogen (secondary N) is 4. The zero-order valence-corrected chi connectivity index (χ0v) is 29.9. The third-order valence-corrected chi connectivity index (χ3v) is 11.9. The number of aliphatic hydroxyl groups excluding tert-OH is 1. The molecule has 3 aliphatic rings. The molecule has 1 aromatic heterocycles. The monoisotopic (exact) mass is 712 g/mol. The summed E-state index contributed by atoms with van der Waals surface area (Å²) >= 11 is 3.40. The summed E-state index contributed by atoms with van der Waals surface area (Å²) in [4.78, 5) is 54.9. The molecule has 4 amide bonds. The molecule has 0 radical (unpaired) electrons. The molecule has 12 nitrogen and oxygen atoms in total. The minimum atomic E-state index is -0.973. The fourth-order valence-electron chi connectivity index (χ4n) is 6.74. The Kier molecular flexibility index (Phi) is 14.7. The Morgan fingerprint density at radius 3 is 2.43 bits per heavy atom. The Labute approximate surface area is 298 Å². The number of aromatic nitrogens is 2. The number of aromatic amines is 1. The Hall–Kier alpha value is -3.07. The summed E-state index contributed by atoms with van der Waals surface area (Å²) in [5.74, 6) is 1.29. The number of imidazole rings is 1. The number of hydrogen-bond acceptors (Lipinski definition) is 9. The molecule has 0 unspecified atom stereocenters. The van der Waals surface area contributed by atoms with Crippen LogP contribution in [0.4, 0.5) is 4.79 Å². The fourth-order valence-corrected chi connectivity index (χ4v) is 8.83. The van der Waals surface area contributed by atoms with Gasteiger partial charge in [0.15, 0.2) is 0 Å². The second kappa shape index (κ2) is 19.4. The lowest BCUT2D eigenvalue weighted by Crippen LogP contribution is -2.59. The van der Waals surface area contributed by atoms with E-state index in [1.54, 1.807) is 34.6 Å². The quantitative estimate of drug-likeness (QED) is 0.163. The molecule has 3 heterocycles. The van der Waals surface area contributed by atoms with Crippen LogP contribution >= 0.6 is 23.5 Å². The molecule has 5 rings (SSSR count). The summed E-state index contributed by atoms with van der Waals surface area (Å²) < 4.78 is 1.06. The van der Waals surface area contributed by atoms with Crippen LogP contribution in [-0.4, -0.2) is 104 Å². The zero-order chi connectivity index (χ0) is 34.4. The van der Waals surface area contributed by atoms with Crippen LogP contribution in [0, 0.1) is 5.92 Å². The number of urea groups is 1. The van der Waals surface area contributed by atoms with E-state index in [4.69, 9.17) is 5.73 Å².